The van der Waals surface area contributed by atoms with E-state index in [0.29, 0.717) is 6.42 Å². The van der Waals surface area contributed by atoms with E-state index in [0.717, 1.165) is 32.1 Å². The Kier molecular flexibility index (Phi) is 5.27. The molecule has 0 bridgehead atoms. The summed E-state index contributed by atoms with van der Waals surface area (Å²) < 4.78 is 12.4. The molecule has 25 heavy (non-hydrogen) atoms. The molecule has 0 aromatic rings. The number of likely N-dealkylation sites (tertiary alicyclic amines) is 1. The van der Waals surface area contributed by atoms with E-state index in [-0.39, 0.29) is 47.8 Å². The van der Waals surface area contributed by atoms with Gasteiger partial charge >= 0.3 is 0 Å². The first kappa shape index (κ1) is 18.8. The van der Waals surface area contributed by atoms with Gasteiger partial charge in [0.05, 0.1) is 24.0 Å². The Labute approximate surface area is 151 Å². The zero-order chi connectivity index (χ0) is 18.4. The van der Waals surface area contributed by atoms with Crippen molar-refractivity contribution in [2.45, 2.75) is 97.2 Å². The number of hydrogen-bond donors (Lipinski definition) is 0. The first-order valence-electron chi connectivity index (χ1n) is 10.0. The number of rotatable bonds is 5. The van der Waals surface area contributed by atoms with Crippen molar-refractivity contribution in [2.24, 2.45) is 17.8 Å². The Morgan fingerprint density at radius 2 is 1.80 bits per heavy atom. The lowest BCUT2D eigenvalue weighted by molar-refractivity contribution is -0.165. The number of ether oxygens (including phenoxy) is 2. The second kappa shape index (κ2) is 6.99. The van der Waals surface area contributed by atoms with Crippen LogP contribution in [0.15, 0.2) is 0 Å². The molecule has 0 aromatic heterocycles. The number of carbonyl (C=O) groups is 2. The van der Waals surface area contributed by atoms with E-state index in [4.69, 9.17) is 9.47 Å². The third-order valence-corrected chi connectivity index (χ3v) is 6.24. The van der Waals surface area contributed by atoms with Gasteiger partial charge in [0, 0.05) is 12.5 Å². The van der Waals surface area contributed by atoms with Crippen molar-refractivity contribution in [3.8, 4) is 0 Å². The van der Waals surface area contributed by atoms with Gasteiger partial charge in [0.15, 0.2) is 5.79 Å². The molecule has 3 fully saturated rings. The van der Waals surface area contributed by atoms with Gasteiger partial charge in [-0.15, -0.1) is 0 Å². The molecule has 2 aliphatic heterocycles. The Morgan fingerprint density at radius 3 is 2.36 bits per heavy atom. The van der Waals surface area contributed by atoms with E-state index in [1.54, 1.807) is 4.90 Å². The molecular formula is C20H33NO4. The van der Waals surface area contributed by atoms with Gasteiger partial charge in [0.25, 0.3) is 0 Å². The quantitative estimate of drug-likeness (QED) is 0.711. The van der Waals surface area contributed by atoms with Gasteiger partial charge in [-0.25, -0.2) is 0 Å². The van der Waals surface area contributed by atoms with Gasteiger partial charge in [0.2, 0.25) is 11.8 Å². The number of hydrogen-bond acceptors (Lipinski definition) is 4. The highest BCUT2D eigenvalue weighted by Crippen LogP contribution is 2.43. The summed E-state index contributed by atoms with van der Waals surface area (Å²) >= 11 is 0. The number of imide groups is 1. The third kappa shape index (κ3) is 3.25. The van der Waals surface area contributed by atoms with Crippen LogP contribution in [0.1, 0.15) is 73.1 Å². The van der Waals surface area contributed by atoms with Crippen molar-refractivity contribution in [1.29, 1.82) is 0 Å². The van der Waals surface area contributed by atoms with Gasteiger partial charge in [-0.1, -0.05) is 34.1 Å². The van der Waals surface area contributed by atoms with E-state index in [2.05, 4.69) is 6.92 Å². The van der Waals surface area contributed by atoms with Crippen molar-refractivity contribution in [2.75, 3.05) is 0 Å². The second-order valence-electron chi connectivity index (χ2n) is 8.49. The van der Waals surface area contributed by atoms with E-state index in [1.165, 1.54) is 0 Å². The molecular weight excluding hydrogens is 318 g/mol. The van der Waals surface area contributed by atoms with Crippen LogP contribution in [0.3, 0.4) is 0 Å². The third-order valence-electron chi connectivity index (χ3n) is 6.24. The molecule has 5 nitrogen and oxygen atoms in total. The first-order chi connectivity index (χ1) is 11.8. The zero-order valence-corrected chi connectivity index (χ0v) is 16.3. The predicted molar refractivity (Wildman–Crippen MR) is 94.7 cm³/mol. The summed E-state index contributed by atoms with van der Waals surface area (Å²) in [5, 5.41) is 0. The van der Waals surface area contributed by atoms with Crippen molar-refractivity contribution < 1.29 is 19.1 Å². The molecule has 1 saturated carbocycles. The molecule has 5 heteroatoms. The van der Waals surface area contributed by atoms with Crippen molar-refractivity contribution in [1.82, 2.24) is 4.90 Å². The van der Waals surface area contributed by atoms with Crippen molar-refractivity contribution in [3.05, 3.63) is 0 Å². The van der Waals surface area contributed by atoms with Crippen LogP contribution in [0.5, 0.6) is 0 Å². The minimum atomic E-state index is -0.510. The fraction of sp³-hybridized carbons (Fsp3) is 0.900. The smallest absolute Gasteiger partial charge is 0.233 e. The Morgan fingerprint density at radius 1 is 1.12 bits per heavy atom. The molecule has 2 heterocycles. The first-order valence-corrected chi connectivity index (χ1v) is 10.0. The standard InChI is InChI=1S/C20H33NO4/c1-6-10-20(5)24-15-9-8-13(11-16(15)25-20)21-18(22)14(7-2)17(12(3)4)19(21)23/h12-17H,6-11H2,1-5H3/t13?,14?,15?,16-,17?,20?/m1/s1. The molecule has 1 aliphatic carbocycles. The van der Waals surface area contributed by atoms with Crippen molar-refractivity contribution in [3.63, 3.8) is 0 Å². The van der Waals surface area contributed by atoms with E-state index in [9.17, 15) is 9.59 Å². The summed E-state index contributed by atoms with van der Waals surface area (Å²) in [7, 11) is 0. The fourth-order valence-electron chi connectivity index (χ4n) is 5.13. The molecule has 0 radical (unpaired) electrons. The minimum absolute atomic E-state index is 0.00548. The van der Waals surface area contributed by atoms with Crippen LogP contribution in [0, 0.1) is 17.8 Å². The lowest BCUT2D eigenvalue weighted by atomic mass is 9.84. The maximum Gasteiger partial charge on any atom is 0.233 e. The molecule has 3 rings (SSSR count). The highest BCUT2D eigenvalue weighted by Gasteiger charge is 2.53. The monoisotopic (exact) mass is 351 g/mol. The Balaban J connectivity index is 1.73. The number of nitrogens with zero attached hydrogens (tertiary/aromatic N) is 1. The van der Waals surface area contributed by atoms with E-state index in [1.807, 2.05) is 27.7 Å². The van der Waals surface area contributed by atoms with Gasteiger partial charge < -0.3 is 9.47 Å². The largest absolute Gasteiger partial charge is 0.344 e. The number of amides is 2. The fourth-order valence-corrected chi connectivity index (χ4v) is 5.13. The van der Waals surface area contributed by atoms with Crippen LogP contribution in [-0.4, -0.2) is 40.8 Å². The highest BCUT2D eigenvalue weighted by atomic mass is 16.8. The molecule has 142 valence electrons. The molecule has 0 spiro atoms. The minimum Gasteiger partial charge on any atom is -0.344 e. The van der Waals surface area contributed by atoms with Crippen LogP contribution in [0.2, 0.25) is 0 Å². The summed E-state index contributed by atoms with van der Waals surface area (Å²) in [5.74, 6) is -0.570. The van der Waals surface area contributed by atoms with Gasteiger partial charge in [-0.2, -0.15) is 0 Å². The molecule has 5 unspecified atom stereocenters. The summed E-state index contributed by atoms with van der Waals surface area (Å²) in [6.07, 6.45) is 5.11. The molecule has 2 amide bonds. The molecule has 3 aliphatic rings. The number of carbonyl (C=O) groups excluding carboxylic acids is 2. The molecule has 2 saturated heterocycles. The highest BCUT2D eigenvalue weighted by molar-refractivity contribution is 6.05. The topological polar surface area (TPSA) is 55.8 Å². The summed E-state index contributed by atoms with van der Waals surface area (Å²) in [4.78, 5) is 27.5. The predicted octanol–water partition coefficient (Wildman–Crippen LogP) is 3.51. The van der Waals surface area contributed by atoms with Gasteiger partial charge in [-0.05, 0) is 38.5 Å². The molecule has 6 atom stereocenters. The van der Waals surface area contributed by atoms with Crippen LogP contribution in [0.4, 0.5) is 0 Å². The average molecular weight is 351 g/mol. The Hall–Kier alpha value is -0.940. The maximum absolute atomic E-state index is 13.0. The average Bonchev–Trinajstić information content (AvgIpc) is 2.99. The van der Waals surface area contributed by atoms with E-state index >= 15 is 0 Å². The second-order valence-corrected chi connectivity index (χ2v) is 8.49. The SMILES string of the molecule is CCCC1(C)OC2CCC(N3C(=O)C(CC)C(C(C)C)C3=O)C[C@H]2O1. The van der Waals surface area contributed by atoms with Crippen LogP contribution >= 0.6 is 0 Å². The summed E-state index contributed by atoms with van der Waals surface area (Å²) in [5.41, 5.74) is 0. The van der Waals surface area contributed by atoms with E-state index < -0.39 is 5.79 Å². The molecule has 0 N–H and O–H groups in total. The molecule has 0 aromatic carbocycles. The van der Waals surface area contributed by atoms with Crippen molar-refractivity contribution >= 4 is 11.8 Å². The van der Waals surface area contributed by atoms with Crippen LogP contribution < -0.4 is 0 Å². The summed E-state index contributed by atoms with van der Waals surface area (Å²) in [6, 6.07) is -0.0355. The lowest BCUT2D eigenvalue weighted by Crippen LogP contribution is -2.47. The summed E-state index contributed by atoms with van der Waals surface area (Å²) in [6.45, 7) is 10.2. The van der Waals surface area contributed by atoms with Gasteiger partial charge in [0.1, 0.15) is 0 Å². The Bertz CT molecular complexity index is 534. The maximum atomic E-state index is 13.0. The van der Waals surface area contributed by atoms with Gasteiger partial charge in [-0.3, -0.25) is 14.5 Å². The lowest BCUT2D eigenvalue weighted by Gasteiger charge is -2.34. The van der Waals surface area contributed by atoms with Crippen LogP contribution in [0.25, 0.3) is 0 Å². The number of fused-ring (bicyclic) bond motifs is 1. The normalized spacial score (nSPS) is 41.7. The zero-order valence-electron chi connectivity index (χ0n) is 16.3. The van der Waals surface area contributed by atoms with Crippen LogP contribution in [-0.2, 0) is 19.1 Å².